The number of imidazole rings is 1. The van der Waals surface area contributed by atoms with Crippen molar-refractivity contribution in [2.24, 2.45) is 0 Å². The van der Waals surface area contributed by atoms with Gasteiger partial charge in [-0.2, -0.15) is 0 Å². The molecule has 5 rings (SSSR count). The Morgan fingerprint density at radius 1 is 1.00 bits per heavy atom. The number of hydrogen-bond acceptors (Lipinski definition) is 6. The first kappa shape index (κ1) is 23.7. The Morgan fingerprint density at radius 3 is 2.50 bits per heavy atom. The highest BCUT2D eigenvalue weighted by atomic mass is 16.5. The van der Waals surface area contributed by atoms with E-state index < -0.39 is 0 Å². The number of anilines is 2. The van der Waals surface area contributed by atoms with E-state index >= 15 is 0 Å². The van der Waals surface area contributed by atoms with E-state index in [1.807, 2.05) is 73.1 Å². The van der Waals surface area contributed by atoms with Crippen LogP contribution in [0, 0.1) is 0 Å². The first-order valence-corrected chi connectivity index (χ1v) is 12.3. The van der Waals surface area contributed by atoms with Crippen LogP contribution in [0.2, 0.25) is 0 Å². The molecule has 8 nitrogen and oxygen atoms in total. The third kappa shape index (κ3) is 4.99. The first-order valence-electron chi connectivity index (χ1n) is 12.3. The molecule has 4 aromatic rings. The summed E-state index contributed by atoms with van der Waals surface area (Å²) < 4.78 is 19.3. The summed E-state index contributed by atoms with van der Waals surface area (Å²) in [4.78, 5) is 20.2. The number of benzene rings is 2. The Bertz CT molecular complexity index is 1350. The normalized spacial score (nSPS) is 13.6. The summed E-state index contributed by atoms with van der Waals surface area (Å²) in [5.41, 5.74) is 4.59. The third-order valence-corrected chi connectivity index (χ3v) is 6.05. The van der Waals surface area contributed by atoms with Crippen LogP contribution in [-0.4, -0.2) is 54.8 Å². The lowest BCUT2D eigenvalue weighted by Crippen LogP contribution is -2.36. The van der Waals surface area contributed by atoms with Gasteiger partial charge >= 0.3 is 0 Å². The quantitative estimate of drug-likeness (QED) is 0.382. The molecular formula is C28H30N4O4. The van der Waals surface area contributed by atoms with Crippen molar-refractivity contribution in [2.45, 2.75) is 13.8 Å². The van der Waals surface area contributed by atoms with Crippen LogP contribution >= 0.6 is 0 Å². The summed E-state index contributed by atoms with van der Waals surface area (Å²) in [5.74, 6) is 1.06. The van der Waals surface area contributed by atoms with Gasteiger partial charge in [0.05, 0.1) is 43.5 Å². The number of carbonyl (C=O) groups is 1. The van der Waals surface area contributed by atoms with E-state index in [1.165, 1.54) is 0 Å². The fourth-order valence-corrected chi connectivity index (χ4v) is 4.31. The van der Waals surface area contributed by atoms with Crippen molar-refractivity contribution in [2.75, 3.05) is 49.7 Å². The number of morpholine rings is 1. The molecule has 0 atom stereocenters. The first-order chi connectivity index (χ1) is 17.7. The van der Waals surface area contributed by atoms with Crippen LogP contribution in [0.5, 0.6) is 11.5 Å². The minimum atomic E-state index is -0.246. The molecule has 186 valence electrons. The van der Waals surface area contributed by atoms with Crippen LogP contribution in [0.4, 0.5) is 11.4 Å². The van der Waals surface area contributed by atoms with Gasteiger partial charge < -0.3 is 28.8 Å². The molecule has 1 aliphatic heterocycles. The average Bonchev–Trinajstić information content (AvgIpc) is 3.35. The zero-order valence-electron chi connectivity index (χ0n) is 20.6. The van der Waals surface area contributed by atoms with Crippen LogP contribution < -0.4 is 19.7 Å². The van der Waals surface area contributed by atoms with Gasteiger partial charge in [0.2, 0.25) is 0 Å². The predicted molar refractivity (Wildman–Crippen MR) is 140 cm³/mol. The monoisotopic (exact) mass is 486 g/mol. The van der Waals surface area contributed by atoms with Crippen molar-refractivity contribution in [3.8, 4) is 22.8 Å². The van der Waals surface area contributed by atoms with Gasteiger partial charge in [-0.05, 0) is 26.0 Å². The molecule has 0 saturated carbocycles. The molecule has 0 bridgehead atoms. The van der Waals surface area contributed by atoms with E-state index in [0.717, 1.165) is 30.0 Å². The molecule has 1 saturated heterocycles. The lowest BCUT2D eigenvalue weighted by molar-refractivity contribution is 0.102. The van der Waals surface area contributed by atoms with Gasteiger partial charge in [0, 0.05) is 48.7 Å². The van der Waals surface area contributed by atoms with Crippen molar-refractivity contribution < 1.29 is 19.0 Å². The smallest absolute Gasteiger partial charge is 0.255 e. The molecule has 0 radical (unpaired) electrons. The minimum absolute atomic E-state index is 0.246. The fourth-order valence-electron chi connectivity index (χ4n) is 4.31. The topological polar surface area (TPSA) is 77.3 Å². The zero-order valence-corrected chi connectivity index (χ0v) is 20.6. The standard InChI is InChI=1S/C28H30N4O4/c1-3-35-25-18-24(31-12-14-34-15-13-31)26(36-4-2)17-22(25)30-28(33)21-10-11-32-19-23(29-27(32)16-21)20-8-6-5-7-9-20/h5-11,16-19H,3-4,12-15H2,1-2H3,(H,30,33). The van der Waals surface area contributed by atoms with E-state index in [9.17, 15) is 4.79 Å². The lowest BCUT2D eigenvalue weighted by atomic mass is 10.2. The number of pyridine rings is 1. The van der Waals surface area contributed by atoms with Crippen LogP contribution in [0.25, 0.3) is 16.9 Å². The van der Waals surface area contributed by atoms with Gasteiger partial charge in [0.15, 0.2) is 0 Å². The zero-order chi connectivity index (χ0) is 24.9. The van der Waals surface area contributed by atoms with E-state index in [2.05, 4.69) is 10.2 Å². The van der Waals surface area contributed by atoms with Gasteiger partial charge in [0.1, 0.15) is 17.1 Å². The van der Waals surface area contributed by atoms with Crippen molar-refractivity contribution in [1.29, 1.82) is 0 Å². The molecule has 0 aliphatic carbocycles. The number of amides is 1. The number of ether oxygens (including phenoxy) is 3. The van der Waals surface area contributed by atoms with Crippen molar-refractivity contribution in [3.05, 3.63) is 72.6 Å². The Balaban J connectivity index is 1.44. The second-order valence-electron chi connectivity index (χ2n) is 8.41. The second-order valence-corrected chi connectivity index (χ2v) is 8.41. The largest absolute Gasteiger partial charge is 0.492 e. The van der Waals surface area contributed by atoms with Crippen LogP contribution in [-0.2, 0) is 4.74 Å². The molecule has 36 heavy (non-hydrogen) atoms. The summed E-state index contributed by atoms with van der Waals surface area (Å²) in [6.07, 6.45) is 3.80. The number of hydrogen-bond donors (Lipinski definition) is 1. The maximum atomic E-state index is 13.3. The summed E-state index contributed by atoms with van der Waals surface area (Å²) in [5, 5.41) is 3.02. The third-order valence-electron chi connectivity index (χ3n) is 6.05. The number of carbonyl (C=O) groups excluding carboxylic acids is 1. The molecule has 1 N–H and O–H groups in total. The predicted octanol–water partition coefficient (Wildman–Crippen LogP) is 4.89. The van der Waals surface area contributed by atoms with Gasteiger partial charge in [-0.3, -0.25) is 4.79 Å². The summed E-state index contributed by atoms with van der Waals surface area (Å²) >= 11 is 0. The van der Waals surface area contributed by atoms with Crippen molar-refractivity contribution in [1.82, 2.24) is 9.38 Å². The van der Waals surface area contributed by atoms with Crippen molar-refractivity contribution >= 4 is 22.9 Å². The maximum absolute atomic E-state index is 13.3. The molecule has 1 aliphatic rings. The fraction of sp³-hybridized carbons (Fsp3) is 0.286. The summed E-state index contributed by atoms with van der Waals surface area (Å²) in [6, 6.07) is 17.3. The second kappa shape index (κ2) is 10.7. The minimum Gasteiger partial charge on any atom is -0.492 e. The highest BCUT2D eigenvalue weighted by Crippen LogP contribution is 2.39. The van der Waals surface area contributed by atoms with E-state index in [-0.39, 0.29) is 5.91 Å². The Labute approximate surface area is 210 Å². The Morgan fingerprint density at radius 2 is 1.75 bits per heavy atom. The van der Waals surface area contributed by atoms with Crippen LogP contribution in [0.15, 0.2) is 67.0 Å². The average molecular weight is 487 g/mol. The lowest BCUT2D eigenvalue weighted by Gasteiger charge is -2.31. The van der Waals surface area contributed by atoms with Crippen LogP contribution in [0.1, 0.15) is 24.2 Å². The molecule has 2 aromatic carbocycles. The molecule has 1 fully saturated rings. The van der Waals surface area contributed by atoms with E-state index in [4.69, 9.17) is 19.2 Å². The number of nitrogens with zero attached hydrogens (tertiary/aromatic N) is 3. The molecule has 1 amide bonds. The Hall–Kier alpha value is -4.04. The van der Waals surface area contributed by atoms with Gasteiger partial charge in [-0.1, -0.05) is 30.3 Å². The molecule has 0 spiro atoms. The number of rotatable bonds is 8. The maximum Gasteiger partial charge on any atom is 0.255 e. The summed E-state index contributed by atoms with van der Waals surface area (Å²) in [6.45, 7) is 7.72. The van der Waals surface area contributed by atoms with E-state index in [0.29, 0.717) is 54.8 Å². The SMILES string of the molecule is CCOc1cc(N2CCOCC2)c(OCC)cc1NC(=O)c1ccn2cc(-c3ccccc3)nc2c1. The number of aromatic nitrogens is 2. The van der Waals surface area contributed by atoms with Gasteiger partial charge in [0.25, 0.3) is 5.91 Å². The molecule has 0 unspecified atom stereocenters. The van der Waals surface area contributed by atoms with E-state index in [1.54, 1.807) is 12.1 Å². The molecule has 2 aromatic heterocycles. The van der Waals surface area contributed by atoms with Gasteiger partial charge in [-0.15, -0.1) is 0 Å². The summed E-state index contributed by atoms with van der Waals surface area (Å²) in [7, 11) is 0. The molecule has 3 heterocycles. The number of nitrogens with one attached hydrogen (secondary N) is 1. The van der Waals surface area contributed by atoms with Crippen LogP contribution in [0.3, 0.4) is 0 Å². The number of fused-ring (bicyclic) bond motifs is 1. The highest BCUT2D eigenvalue weighted by Gasteiger charge is 2.21. The molecule has 8 heteroatoms. The van der Waals surface area contributed by atoms with Crippen molar-refractivity contribution in [3.63, 3.8) is 0 Å². The van der Waals surface area contributed by atoms with Gasteiger partial charge in [-0.25, -0.2) is 4.98 Å². The molecular weight excluding hydrogens is 456 g/mol. The Kier molecular flexibility index (Phi) is 7.04. The highest BCUT2D eigenvalue weighted by molar-refractivity contribution is 6.06.